The van der Waals surface area contributed by atoms with E-state index in [4.69, 9.17) is 13.8 Å². The van der Waals surface area contributed by atoms with Gasteiger partial charge in [0.2, 0.25) is 0 Å². The number of fused-ring (bicyclic) bond motifs is 1. The molecule has 6 atom stereocenters. The Bertz CT molecular complexity index is 1160. The van der Waals surface area contributed by atoms with Crippen LogP contribution in [0, 0.1) is 6.92 Å². The monoisotopic (exact) mass is 515 g/mol. The third-order valence-corrected chi connectivity index (χ3v) is 8.98. The number of aliphatic hydroxyl groups excluding tert-OH is 1. The van der Waals surface area contributed by atoms with Gasteiger partial charge in [0.1, 0.15) is 17.9 Å². The lowest BCUT2D eigenvalue weighted by Crippen LogP contribution is -2.36. The molecule has 4 heterocycles. The van der Waals surface area contributed by atoms with E-state index in [0.29, 0.717) is 12.2 Å². The molecule has 0 saturated carbocycles. The zero-order valence-electron chi connectivity index (χ0n) is 21.1. The van der Waals surface area contributed by atoms with E-state index >= 15 is 0 Å². The Morgan fingerprint density at radius 2 is 2.14 bits per heavy atom. The summed E-state index contributed by atoms with van der Waals surface area (Å²) in [4.78, 5) is 23.0. The Balaban J connectivity index is 1.34. The van der Waals surface area contributed by atoms with Crippen molar-refractivity contribution < 1.29 is 18.9 Å². The van der Waals surface area contributed by atoms with Crippen molar-refractivity contribution in [3.63, 3.8) is 0 Å². The lowest BCUT2D eigenvalue weighted by Gasteiger charge is -2.29. The van der Waals surface area contributed by atoms with Gasteiger partial charge in [0, 0.05) is 38.8 Å². The van der Waals surface area contributed by atoms with E-state index in [9.17, 15) is 9.90 Å². The van der Waals surface area contributed by atoms with E-state index in [1.54, 1.807) is 17.4 Å². The highest BCUT2D eigenvalue weighted by Gasteiger charge is 2.56. The summed E-state index contributed by atoms with van der Waals surface area (Å²) in [6, 6.07) is 10.5. The summed E-state index contributed by atoms with van der Waals surface area (Å²) in [6.07, 6.45) is 4.29. The Kier molecular flexibility index (Phi) is 7.27. The van der Waals surface area contributed by atoms with Crippen LogP contribution in [0.25, 0.3) is 0 Å². The fourth-order valence-corrected chi connectivity index (χ4v) is 7.35. The fourth-order valence-electron chi connectivity index (χ4n) is 5.21. The van der Waals surface area contributed by atoms with E-state index in [-0.39, 0.29) is 12.6 Å². The summed E-state index contributed by atoms with van der Waals surface area (Å²) in [5.41, 5.74) is 0.980. The summed E-state index contributed by atoms with van der Waals surface area (Å²) >= 11 is 0. The number of aromatic nitrogens is 2. The van der Waals surface area contributed by atoms with Crippen molar-refractivity contribution in [3.05, 3.63) is 58.1 Å². The summed E-state index contributed by atoms with van der Waals surface area (Å²) in [5.74, 6) is 0.373. The lowest BCUT2D eigenvalue weighted by atomic mass is 9.87. The van der Waals surface area contributed by atoms with Crippen LogP contribution < -0.4 is 5.69 Å². The number of aliphatic hydroxyl groups is 1. The van der Waals surface area contributed by atoms with Crippen LogP contribution >= 0.6 is 8.53 Å². The van der Waals surface area contributed by atoms with Crippen molar-refractivity contribution in [1.29, 1.82) is 0 Å². The van der Waals surface area contributed by atoms with Crippen LogP contribution in [0.3, 0.4) is 0 Å². The molecule has 0 spiro atoms. The smallest absolute Gasteiger partial charge is 0.351 e. The molecule has 0 amide bonds. The molecule has 1 N–H and O–H groups in total. The summed E-state index contributed by atoms with van der Waals surface area (Å²) in [5, 5.41) is 10.1. The van der Waals surface area contributed by atoms with Crippen molar-refractivity contribution in [2.75, 3.05) is 27.2 Å². The number of rotatable bonds is 7. The minimum atomic E-state index is -1.34. The average Bonchev–Trinajstić information content (AvgIpc) is 3.57. The van der Waals surface area contributed by atoms with Gasteiger partial charge in [-0.2, -0.15) is 4.98 Å². The fraction of sp³-hybridized carbons (Fsp3) is 0.560. The first kappa shape index (κ1) is 25.4. The Hall–Kier alpha value is -2.20. The van der Waals surface area contributed by atoms with E-state index in [2.05, 4.69) is 33.7 Å². The van der Waals surface area contributed by atoms with Crippen LogP contribution in [0.15, 0.2) is 46.3 Å². The Labute approximate surface area is 212 Å². The predicted molar refractivity (Wildman–Crippen MR) is 137 cm³/mol. The molecule has 36 heavy (non-hydrogen) atoms. The van der Waals surface area contributed by atoms with Crippen molar-refractivity contribution in [2.45, 2.75) is 63.2 Å². The maximum absolute atomic E-state index is 12.8. The number of aryl methyl sites for hydroxylation is 1. The van der Waals surface area contributed by atoms with E-state index < -0.39 is 38.3 Å². The van der Waals surface area contributed by atoms with Gasteiger partial charge in [-0.15, -0.1) is 0 Å². The van der Waals surface area contributed by atoms with Gasteiger partial charge in [-0.3, -0.25) is 4.57 Å². The van der Waals surface area contributed by atoms with E-state index in [1.807, 2.05) is 39.2 Å². The van der Waals surface area contributed by atoms with Gasteiger partial charge in [-0.1, -0.05) is 30.3 Å². The Morgan fingerprint density at radius 3 is 2.86 bits per heavy atom. The first-order chi connectivity index (χ1) is 17.3. The van der Waals surface area contributed by atoms with Gasteiger partial charge in [0.05, 0.1) is 25.1 Å². The molecule has 3 saturated heterocycles. The van der Waals surface area contributed by atoms with Crippen molar-refractivity contribution in [3.8, 4) is 0 Å². The van der Waals surface area contributed by atoms with Crippen LogP contribution in [0.2, 0.25) is 0 Å². The van der Waals surface area contributed by atoms with Gasteiger partial charge in [0.15, 0.2) is 5.82 Å². The molecular weight excluding hydrogens is 481 g/mol. The molecule has 2 aromatic rings. The second-order valence-corrected chi connectivity index (χ2v) is 11.3. The molecule has 10 nitrogen and oxygen atoms in total. The number of aliphatic imine (C=N–C) groups is 1. The maximum Gasteiger partial charge on any atom is 0.351 e. The van der Waals surface area contributed by atoms with Crippen molar-refractivity contribution in [2.24, 2.45) is 4.99 Å². The zero-order valence-corrected chi connectivity index (χ0v) is 22.0. The SMILES string of the molecule is Cc1cn([C@H]2C[C@@H](O[P@]3O[C@@](C)(c4ccccc4)[C@H]4CCCN43)[C@@H](CO)O2)c(=O)nc1/N=C\N(C)C. The van der Waals surface area contributed by atoms with E-state index in [1.165, 1.54) is 4.57 Å². The molecule has 0 aliphatic carbocycles. The maximum atomic E-state index is 12.8. The highest BCUT2D eigenvalue weighted by Crippen LogP contribution is 2.63. The molecule has 1 aromatic carbocycles. The Morgan fingerprint density at radius 1 is 1.36 bits per heavy atom. The number of nitrogens with zero attached hydrogens (tertiary/aromatic N) is 5. The number of hydrogen-bond donors (Lipinski definition) is 1. The first-order valence-electron chi connectivity index (χ1n) is 12.3. The molecule has 3 fully saturated rings. The minimum Gasteiger partial charge on any atom is -0.394 e. The van der Waals surface area contributed by atoms with Crippen molar-refractivity contribution in [1.82, 2.24) is 19.1 Å². The van der Waals surface area contributed by atoms with Gasteiger partial charge in [-0.25, -0.2) is 14.5 Å². The minimum absolute atomic E-state index is 0.212. The molecular formula is C25H34N5O5P. The van der Waals surface area contributed by atoms with Gasteiger partial charge in [0.25, 0.3) is 8.53 Å². The molecule has 0 radical (unpaired) electrons. The topological polar surface area (TPSA) is 102 Å². The third-order valence-electron chi connectivity index (χ3n) is 7.10. The van der Waals surface area contributed by atoms with Crippen LogP contribution in [0.5, 0.6) is 0 Å². The van der Waals surface area contributed by atoms with Crippen LogP contribution in [-0.2, 0) is 19.4 Å². The molecule has 194 valence electrons. The quantitative estimate of drug-likeness (QED) is 0.341. The molecule has 11 heteroatoms. The van der Waals surface area contributed by atoms with Crippen LogP contribution in [0.1, 0.15) is 43.5 Å². The number of hydrogen-bond acceptors (Lipinski definition) is 8. The first-order valence-corrected chi connectivity index (χ1v) is 13.5. The highest BCUT2D eigenvalue weighted by atomic mass is 31.2. The van der Waals surface area contributed by atoms with Gasteiger partial charge < -0.3 is 23.8 Å². The summed E-state index contributed by atoms with van der Waals surface area (Å²) in [6.45, 7) is 4.70. The summed E-state index contributed by atoms with van der Waals surface area (Å²) in [7, 11) is 2.36. The van der Waals surface area contributed by atoms with Gasteiger partial charge >= 0.3 is 5.69 Å². The summed E-state index contributed by atoms with van der Waals surface area (Å²) < 4.78 is 23.0. The normalized spacial score (nSPS) is 32.4. The van der Waals surface area contributed by atoms with E-state index in [0.717, 1.165) is 30.5 Å². The molecule has 3 aliphatic rings. The molecule has 3 aliphatic heterocycles. The van der Waals surface area contributed by atoms with Gasteiger partial charge in [-0.05, 0) is 32.3 Å². The standard InChI is InChI=1S/C25H34N5O5P/c1-17-14-29(24(32)27-23(17)26-16-28(3)4)22-13-19(20(15-31)33-22)34-36-30-12-8-11-21(30)25(2,35-36)18-9-6-5-7-10-18/h5-7,9-10,14,16,19-22,31H,8,11-13,15H2,1-4H3/b26-16-/t19-,20-,21-,22-,25+,36-/m1/s1. The lowest BCUT2D eigenvalue weighted by molar-refractivity contribution is -0.0435. The van der Waals surface area contributed by atoms with Crippen LogP contribution in [0.4, 0.5) is 5.82 Å². The third kappa shape index (κ3) is 4.74. The second kappa shape index (κ2) is 10.3. The molecule has 5 rings (SSSR count). The molecule has 0 unspecified atom stereocenters. The number of ether oxygens (including phenoxy) is 1. The second-order valence-electron chi connectivity index (χ2n) is 9.96. The zero-order chi connectivity index (χ0) is 25.4. The largest absolute Gasteiger partial charge is 0.394 e. The number of benzene rings is 1. The molecule has 1 aromatic heterocycles. The molecule has 0 bridgehead atoms. The average molecular weight is 516 g/mol. The highest BCUT2D eigenvalue weighted by molar-refractivity contribution is 7.45. The van der Waals surface area contributed by atoms with Crippen molar-refractivity contribution >= 4 is 20.7 Å². The van der Waals surface area contributed by atoms with Crippen LogP contribution in [-0.4, -0.2) is 76.1 Å². The predicted octanol–water partition coefficient (Wildman–Crippen LogP) is 3.08.